The Morgan fingerprint density at radius 1 is 1.44 bits per heavy atom. The van der Waals surface area contributed by atoms with Crippen LogP contribution in [0.15, 0.2) is 16.5 Å². The van der Waals surface area contributed by atoms with Crippen LogP contribution in [0.5, 0.6) is 0 Å². The Morgan fingerprint density at radius 3 is 2.94 bits per heavy atom. The zero-order valence-electron chi connectivity index (χ0n) is 11.6. The number of rotatable bonds is 5. The van der Waals surface area contributed by atoms with Gasteiger partial charge in [-0.15, -0.1) is 0 Å². The van der Waals surface area contributed by atoms with Crippen LogP contribution in [0.25, 0.3) is 0 Å². The summed E-state index contributed by atoms with van der Waals surface area (Å²) in [6.07, 6.45) is 4.77. The van der Waals surface area contributed by atoms with Crippen molar-refractivity contribution in [2.24, 2.45) is 0 Å². The second-order valence-corrected chi connectivity index (χ2v) is 5.51. The minimum atomic E-state index is 0.300. The molecule has 1 fully saturated rings. The van der Waals surface area contributed by atoms with E-state index < -0.39 is 0 Å². The lowest BCUT2D eigenvalue weighted by molar-refractivity contribution is 0.0873. The van der Waals surface area contributed by atoms with Gasteiger partial charge < -0.3 is 9.52 Å². The van der Waals surface area contributed by atoms with Gasteiger partial charge in [0.05, 0.1) is 6.61 Å². The van der Waals surface area contributed by atoms with E-state index in [4.69, 9.17) is 4.42 Å². The number of likely N-dealkylation sites (tertiary alicyclic amines) is 1. The minimum absolute atomic E-state index is 0.300. The van der Waals surface area contributed by atoms with Gasteiger partial charge in [-0.1, -0.05) is 13.3 Å². The second kappa shape index (κ2) is 6.39. The van der Waals surface area contributed by atoms with Gasteiger partial charge in [0.2, 0.25) is 0 Å². The quantitative estimate of drug-likeness (QED) is 0.874. The molecule has 18 heavy (non-hydrogen) atoms. The highest BCUT2D eigenvalue weighted by atomic mass is 16.3. The molecule has 0 aliphatic carbocycles. The first-order valence-electron chi connectivity index (χ1n) is 7.12. The molecule has 102 valence electrons. The maximum absolute atomic E-state index is 9.39. The van der Waals surface area contributed by atoms with E-state index >= 15 is 0 Å². The Hall–Kier alpha value is -0.800. The summed E-state index contributed by atoms with van der Waals surface area (Å²) in [4.78, 5) is 2.44. The highest BCUT2D eigenvalue weighted by Crippen LogP contribution is 2.24. The Bertz CT molecular complexity index is 361. The van der Waals surface area contributed by atoms with E-state index in [1.165, 1.54) is 12.8 Å². The Kier molecular flexibility index (Phi) is 4.84. The third-order valence-corrected chi connectivity index (χ3v) is 4.06. The molecule has 1 aliphatic rings. The van der Waals surface area contributed by atoms with Gasteiger partial charge in [0, 0.05) is 12.0 Å². The summed E-state index contributed by atoms with van der Waals surface area (Å²) in [5, 5.41) is 9.39. The molecule has 2 atom stereocenters. The Balaban J connectivity index is 1.83. The van der Waals surface area contributed by atoms with Crippen LogP contribution in [-0.4, -0.2) is 35.7 Å². The van der Waals surface area contributed by atoms with Gasteiger partial charge in [-0.2, -0.15) is 0 Å². The molecule has 3 heteroatoms. The van der Waals surface area contributed by atoms with E-state index in [0.29, 0.717) is 18.6 Å². The molecule has 1 aromatic heterocycles. The molecule has 0 bridgehead atoms. The van der Waals surface area contributed by atoms with Crippen molar-refractivity contribution in [2.75, 3.05) is 19.7 Å². The van der Waals surface area contributed by atoms with E-state index in [0.717, 1.165) is 37.5 Å². The fraction of sp³-hybridized carbons (Fsp3) is 0.733. The maximum atomic E-state index is 9.39. The molecular formula is C15H25NO2. The first-order chi connectivity index (χ1) is 8.70. The molecule has 1 aromatic rings. The normalized spacial score (nSPS) is 23.2. The summed E-state index contributed by atoms with van der Waals surface area (Å²) in [6, 6.07) is 4.49. The highest BCUT2D eigenvalue weighted by Gasteiger charge is 2.22. The SMILES string of the molecule is Cc1ccc(C(C)CCN2CCCCC2CO)o1. The van der Waals surface area contributed by atoms with Crippen molar-refractivity contribution < 1.29 is 9.52 Å². The van der Waals surface area contributed by atoms with Crippen molar-refractivity contribution in [3.8, 4) is 0 Å². The molecule has 1 N–H and O–H groups in total. The van der Waals surface area contributed by atoms with Crippen molar-refractivity contribution in [1.29, 1.82) is 0 Å². The molecule has 1 saturated heterocycles. The number of piperidine rings is 1. The minimum Gasteiger partial charge on any atom is -0.466 e. The van der Waals surface area contributed by atoms with Crippen molar-refractivity contribution >= 4 is 0 Å². The molecular weight excluding hydrogens is 226 g/mol. The molecule has 3 nitrogen and oxygen atoms in total. The maximum Gasteiger partial charge on any atom is 0.107 e. The van der Waals surface area contributed by atoms with Gasteiger partial charge in [0.1, 0.15) is 11.5 Å². The van der Waals surface area contributed by atoms with Crippen LogP contribution in [0.4, 0.5) is 0 Å². The summed E-state index contributed by atoms with van der Waals surface area (Å²) in [7, 11) is 0. The zero-order valence-corrected chi connectivity index (χ0v) is 11.6. The van der Waals surface area contributed by atoms with Crippen LogP contribution in [0, 0.1) is 6.92 Å². The van der Waals surface area contributed by atoms with Crippen molar-refractivity contribution in [3.63, 3.8) is 0 Å². The monoisotopic (exact) mass is 251 g/mol. The van der Waals surface area contributed by atoms with Gasteiger partial charge >= 0.3 is 0 Å². The first-order valence-corrected chi connectivity index (χ1v) is 7.12. The third kappa shape index (κ3) is 3.36. The molecule has 2 heterocycles. The van der Waals surface area contributed by atoms with Gasteiger partial charge in [-0.05, 0) is 51.4 Å². The van der Waals surface area contributed by atoms with Crippen LogP contribution >= 0.6 is 0 Å². The van der Waals surface area contributed by atoms with E-state index in [1.807, 2.05) is 13.0 Å². The van der Waals surface area contributed by atoms with Gasteiger partial charge in [0.15, 0.2) is 0 Å². The standard InChI is InChI=1S/C15H25NO2/c1-12(15-7-6-13(2)18-15)8-10-16-9-4-3-5-14(16)11-17/h6-7,12,14,17H,3-5,8-11H2,1-2H3. The van der Waals surface area contributed by atoms with E-state index in [9.17, 15) is 5.11 Å². The van der Waals surface area contributed by atoms with Crippen molar-refractivity contribution in [2.45, 2.75) is 51.5 Å². The van der Waals surface area contributed by atoms with Crippen LogP contribution in [0.3, 0.4) is 0 Å². The molecule has 0 radical (unpaired) electrons. The molecule has 2 rings (SSSR count). The van der Waals surface area contributed by atoms with Crippen LogP contribution < -0.4 is 0 Å². The summed E-state index contributed by atoms with van der Waals surface area (Å²) in [5.74, 6) is 2.54. The predicted octanol–water partition coefficient (Wildman–Crippen LogP) is 2.93. The Labute approximate surface area is 110 Å². The topological polar surface area (TPSA) is 36.6 Å². The van der Waals surface area contributed by atoms with Crippen molar-refractivity contribution in [1.82, 2.24) is 4.90 Å². The number of furan rings is 1. The lowest BCUT2D eigenvalue weighted by Gasteiger charge is -2.35. The van der Waals surface area contributed by atoms with Crippen LogP contribution in [-0.2, 0) is 0 Å². The lowest BCUT2D eigenvalue weighted by atomic mass is 10.00. The average molecular weight is 251 g/mol. The van der Waals surface area contributed by atoms with Crippen LogP contribution in [0.2, 0.25) is 0 Å². The fourth-order valence-corrected chi connectivity index (χ4v) is 2.78. The first kappa shape index (κ1) is 13.6. The molecule has 0 spiro atoms. The number of hydrogen-bond acceptors (Lipinski definition) is 3. The van der Waals surface area contributed by atoms with E-state index in [-0.39, 0.29) is 0 Å². The summed E-state index contributed by atoms with van der Waals surface area (Å²) in [5.41, 5.74) is 0. The third-order valence-electron chi connectivity index (χ3n) is 4.06. The predicted molar refractivity (Wildman–Crippen MR) is 72.8 cm³/mol. The number of aryl methyl sites for hydroxylation is 1. The summed E-state index contributed by atoms with van der Waals surface area (Å²) >= 11 is 0. The largest absolute Gasteiger partial charge is 0.466 e. The smallest absolute Gasteiger partial charge is 0.107 e. The molecule has 0 amide bonds. The molecule has 1 aliphatic heterocycles. The second-order valence-electron chi connectivity index (χ2n) is 5.51. The number of nitrogens with zero attached hydrogens (tertiary/aromatic N) is 1. The molecule has 2 unspecified atom stereocenters. The van der Waals surface area contributed by atoms with E-state index in [2.05, 4.69) is 17.9 Å². The molecule has 0 saturated carbocycles. The number of aliphatic hydroxyl groups excluding tert-OH is 1. The van der Waals surface area contributed by atoms with E-state index in [1.54, 1.807) is 0 Å². The summed E-state index contributed by atoms with van der Waals surface area (Å²) in [6.45, 7) is 6.70. The molecule has 0 aromatic carbocycles. The fourth-order valence-electron chi connectivity index (χ4n) is 2.78. The highest BCUT2D eigenvalue weighted by molar-refractivity contribution is 5.09. The zero-order chi connectivity index (χ0) is 13.0. The average Bonchev–Trinajstić information content (AvgIpc) is 2.83. The number of hydrogen-bond donors (Lipinski definition) is 1. The van der Waals surface area contributed by atoms with Gasteiger partial charge in [-0.3, -0.25) is 4.90 Å². The summed E-state index contributed by atoms with van der Waals surface area (Å²) < 4.78 is 5.67. The number of aliphatic hydroxyl groups is 1. The van der Waals surface area contributed by atoms with Gasteiger partial charge in [0.25, 0.3) is 0 Å². The lowest BCUT2D eigenvalue weighted by Crippen LogP contribution is -2.42. The van der Waals surface area contributed by atoms with Crippen molar-refractivity contribution in [3.05, 3.63) is 23.7 Å². The van der Waals surface area contributed by atoms with Gasteiger partial charge in [-0.25, -0.2) is 0 Å². The van der Waals surface area contributed by atoms with Crippen LogP contribution in [0.1, 0.15) is 50.0 Å². The Morgan fingerprint density at radius 2 is 2.28 bits per heavy atom.